The van der Waals surface area contributed by atoms with Gasteiger partial charge in [-0.3, -0.25) is 9.59 Å². The third-order valence-corrected chi connectivity index (χ3v) is 4.31. The first-order chi connectivity index (χ1) is 14.0. The molecule has 0 aliphatic rings. The van der Waals surface area contributed by atoms with Crippen molar-refractivity contribution in [3.05, 3.63) is 83.8 Å². The maximum absolute atomic E-state index is 12.3. The average Bonchev–Trinajstić information content (AvgIpc) is 3.24. The van der Waals surface area contributed by atoms with Crippen molar-refractivity contribution in [1.82, 2.24) is 5.32 Å². The number of para-hydroxylation sites is 1. The van der Waals surface area contributed by atoms with Gasteiger partial charge in [0.2, 0.25) is 0 Å². The summed E-state index contributed by atoms with van der Waals surface area (Å²) in [7, 11) is 0. The summed E-state index contributed by atoms with van der Waals surface area (Å²) in [6.45, 7) is 4.33. The lowest BCUT2D eigenvalue weighted by molar-refractivity contribution is -0.118. The topological polar surface area (TPSA) is 80.6 Å². The number of furan rings is 1. The Labute approximate surface area is 169 Å². The van der Waals surface area contributed by atoms with E-state index in [4.69, 9.17) is 9.15 Å². The Hall–Kier alpha value is -3.54. The van der Waals surface area contributed by atoms with E-state index in [2.05, 4.69) is 24.5 Å². The number of anilines is 1. The van der Waals surface area contributed by atoms with Crippen LogP contribution in [0.1, 0.15) is 41.4 Å². The summed E-state index contributed by atoms with van der Waals surface area (Å²) in [4.78, 5) is 24.6. The molecule has 0 bridgehead atoms. The van der Waals surface area contributed by atoms with Gasteiger partial charge < -0.3 is 19.8 Å². The Kier molecular flexibility index (Phi) is 6.68. The third kappa shape index (κ3) is 5.72. The lowest BCUT2D eigenvalue weighted by Gasteiger charge is -2.14. The van der Waals surface area contributed by atoms with Gasteiger partial charge in [-0.05, 0) is 47.9 Å². The van der Waals surface area contributed by atoms with Crippen molar-refractivity contribution in [3.63, 3.8) is 0 Å². The standard InChI is InChI=1S/C23H24N2O4/c1-16(2)20-10-3-4-11-21(20)29-15-22(26)25-18-8-5-7-17(13-18)23(27)24-14-19-9-6-12-28-19/h3-13,16H,14-15H2,1-2H3,(H,24,27)(H,25,26). The van der Waals surface area contributed by atoms with E-state index in [1.54, 1.807) is 42.7 Å². The molecule has 0 aliphatic heterocycles. The minimum atomic E-state index is -0.295. The van der Waals surface area contributed by atoms with Crippen LogP contribution in [0.25, 0.3) is 0 Å². The summed E-state index contributed by atoms with van der Waals surface area (Å²) in [5, 5.41) is 5.54. The van der Waals surface area contributed by atoms with Crippen molar-refractivity contribution in [1.29, 1.82) is 0 Å². The molecule has 0 aliphatic carbocycles. The molecular formula is C23H24N2O4. The molecule has 0 fully saturated rings. The maximum Gasteiger partial charge on any atom is 0.262 e. The molecule has 0 saturated carbocycles. The van der Waals surface area contributed by atoms with Gasteiger partial charge in [-0.1, -0.05) is 38.1 Å². The first kappa shape index (κ1) is 20.2. The van der Waals surface area contributed by atoms with Gasteiger partial charge in [0.1, 0.15) is 11.5 Å². The number of carbonyl (C=O) groups excluding carboxylic acids is 2. The molecule has 3 aromatic rings. The fourth-order valence-electron chi connectivity index (χ4n) is 2.85. The molecule has 3 rings (SSSR count). The van der Waals surface area contributed by atoms with E-state index < -0.39 is 0 Å². The van der Waals surface area contributed by atoms with Gasteiger partial charge in [-0.2, -0.15) is 0 Å². The van der Waals surface area contributed by atoms with Crippen molar-refractivity contribution in [3.8, 4) is 5.75 Å². The van der Waals surface area contributed by atoms with Crippen molar-refractivity contribution in [2.45, 2.75) is 26.3 Å². The Morgan fingerprint density at radius 1 is 1.03 bits per heavy atom. The minimum Gasteiger partial charge on any atom is -0.483 e. The van der Waals surface area contributed by atoms with Crippen LogP contribution in [-0.4, -0.2) is 18.4 Å². The molecule has 0 saturated heterocycles. The highest BCUT2D eigenvalue weighted by Gasteiger charge is 2.11. The van der Waals surface area contributed by atoms with Crippen LogP contribution in [0.4, 0.5) is 5.69 Å². The molecular weight excluding hydrogens is 368 g/mol. The highest BCUT2D eigenvalue weighted by Crippen LogP contribution is 2.25. The fraction of sp³-hybridized carbons (Fsp3) is 0.217. The van der Waals surface area contributed by atoms with Crippen LogP contribution in [0.2, 0.25) is 0 Å². The summed E-state index contributed by atoms with van der Waals surface area (Å²) in [5.74, 6) is 1.12. The van der Waals surface area contributed by atoms with Crippen LogP contribution < -0.4 is 15.4 Å². The maximum atomic E-state index is 12.3. The van der Waals surface area contributed by atoms with Gasteiger partial charge in [-0.25, -0.2) is 0 Å². The van der Waals surface area contributed by atoms with Crippen LogP contribution in [0.15, 0.2) is 71.3 Å². The van der Waals surface area contributed by atoms with Gasteiger partial charge in [0.05, 0.1) is 12.8 Å². The van der Waals surface area contributed by atoms with Crippen LogP contribution in [0, 0.1) is 0 Å². The van der Waals surface area contributed by atoms with E-state index in [0.29, 0.717) is 35.2 Å². The predicted octanol–water partition coefficient (Wildman–Crippen LogP) is 4.35. The number of amides is 2. The fourth-order valence-corrected chi connectivity index (χ4v) is 2.85. The molecule has 0 unspecified atom stereocenters. The van der Waals surface area contributed by atoms with Crippen molar-refractivity contribution >= 4 is 17.5 Å². The normalized spacial score (nSPS) is 10.6. The Bertz CT molecular complexity index is 965. The number of carbonyl (C=O) groups is 2. The SMILES string of the molecule is CC(C)c1ccccc1OCC(=O)Nc1cccc(C(=O)NCc2ccco2)c1. The van der Waals surface area contributed by atoms with E-state index in [9.17, 15) is 9.59 Å². The average molecular weight is 392 g/mol. The van der Waals surface area contributed by atoms with Crippen molar-refractivity contribution < 1.29 is 18.7 Å². The second kappa shape index (κ2) is 9.59. The number of hydrogen-bond donors (Lipinski definition) is 2. The summed E-state index contributed by atoms with van der Waals surface area (Å²) in [6.07, 6.45) is 1.55. The minimum absolute atomic E-state index is 0.112. The number of hydrogen-bond acceptors (Lipinski definition) is 4. The number of benzene rings is 2. The Morgan fingerprint density at radius 3 is 2.62 bits per heavy atom. The van der Waals surface area contributed by atoms with E-state index in [0.717, 1.165) is 5.56 Å². The summed E-state index contributed by atoms with van der Waals surface area (Å²) >= 11 is 0. The first-order valence-corrected chi connectivity index (χ1v) is 9.45. The zero-order valence-electron chi connectivity index (χ0n) is 16.5. The molecule has 0 radical (unpaired) electrons. The number of nitrogens with one attached hydrogen (secondary N) is 2. The monoisotopic (exact) mass is 392 g/mol. The van der Waals surface area contributed by atoms with Gasteiger partial charge in [-0.15, -0.1) is 0 Å². The molecule has 150 valence electrons. The molecule has 1 aromatic heterocycles. The third-order valence-electron chi connectivity index (χ3n) is 4.31. The van der Waals surface area contributed by atoms with Gasteiger partial charge in [0.15, 0.2) is 6.61 Å². The molecule has 6 nitrogen and oxygen atoms in total. The molecule has 2 amide bonds. The van der Waals surface area contributed by atoms with Crippen LogP contribution in [0.5, 0.6) is 5.75 Å². The van der Waals surface area contributed by atoms with Crippen LogP contribution >= 0.6 is 0 Å². The largest absolute Gasteiger partial charge is 0.483 e. The molecule has 0 spiro atoms. The Balaban J connectivity index is 1.55. The molecule has 1 heterocycles. The first-order valence-electron chi connectivity index (χ1n) is 9.45. The number of ether oxygens (including phenoxy) is 1. The zero-order valence-corrected chi connectivity index (χ0v) is 16.5. The van der Waals surface area contributed by atoms with Gasteiger partial charge >= 0.3 is 0 Å². The van der Waals surface area contributed by atoms with Crippen molar-refractivity contribution in [2.24, 2.45) is 0 Å². The quantitative estimate of drug-likeness (QED) is 0.597. The van der Waals surface area contributed by atoms with E-state index >= 15 is 0 Å². The number of rotatable bonds is 8. The lowest BCUT2D eigenvalue weighted by atomic mass is 10.0. The van der Waals surface area contributed by atoms with Crippen LogP contribution in [0.3, 0.4) is 0 Å². The van der Waals surface area contributed by atoms with Crippen LogP contribution in [-0.2, 0) is 11.3 Å². The van der Waals surface area contributed by atoms with E-state index in [1.807, 2.05) is 24.3 Å². The van der Waals surface area contributed by atoms with E-state index in [-0.39, 0.29) is 18.4 Å². The zero-order chi connectivity index (χ0) is 20.6. The van der Waals surface area contributed by atoms with Gasteiger partial charge in [0.25, 0.3) is 11.8 Å². The highest BCUT2D eigenvalue weighted by atomic mass is 16.5. The second-order valence-corrected chi connectivity index (χ2v) is 6.87. The summed E-state index contributed by atoms with van der Waals surface area (Å²) in [5.41, 5.74) is 2.03. The molecule has 6 heteroatoms. The van der Waals surface area contributed by atoms with Crippen molar-refractivity contribution in [2.75, 3.05) is 11.9 Å². The van der Waals surface area contributed by atoms with Gasteiger partial charge in [0, 0.05) is 11.3 Å². The van der Waals surface area contributed by atoms with E-state index in [1.165, 1.54) is 0 Å². The smallest absolute Gasteiger partial charge is 0.262 e. The molecule has 2 aromatic carbocycles. The molecule has 0 atom stereocenters. The second-order valence-electron chi connectivity index (χ2n) is 6.87. The summed E-state index contributed by atoms with van der Waals surface area (Å²) < 4.78 is 10.9. The molecule has 2 N–H and O–H groups in total. The molecule has 29 heavy (non-hydrogen) atoms. The summed E-state index contributed by atoms with van der Waals surface area (Å²) in [6, 6.07) is 18.0. The highest BCUT2D eigenvalue weighted by molar-refractivity contribution is 5.97. The predicted molar refractivity (Wildman–Crippen MR) is 111 cm³/mol. The Morgan fingerprint density at radius 2 is 1.86 bits per heavy atom. The lowest BCUT2D eigenvalue weighted by Crippen LogP contribution is -2.23.